The lowest BCUT2D eigenvalue weighted by Gasteiger charge is -2.16. The predicted octanol–water partition coefficient (Wildman–Crippen LogP) is 5.58. The van der Waals surface area contributed by atoms with Gasteiger partial charge in [-0.3, -0.25) is 4.79 Å². The molecule has 0 fully saturated rings. The van der Waals surface area contributed by atoms with Crippen molar-refractivity contribution >= 4 is 40.9 Å². The Labute approximate surface area is 151 Å². The van der Waals surface area contributed by atoms with Crippen molar-refractivity contribution in [2.75, 3.05) is 5.75 Å². The van der Waals surface area contributed by atoms with E-state index in [1.54, 1.807) is 18.2 Å². The normalized spacial score (nSPS) is 12.0. The van der Waals surface area contributed by atoms with Crippen LogP contribution in [0.1, 0.15) is 29.7 Å². The Morgan fingerprint density at radius 3 is 2.39 bits per heavy atom. The van der Waals surface area contributed by atoms with Crippen molar-refractivity contribution in [3.05, 3.63) is 63.1 Å². The number of hydrogen-bond acceptors (Lipinski definition) is 2. The molecule has 2 rings (SSSR count). The molecule has 0 aromatic heterocycles. The smallest absolute Gasteiger partial charge is 0.230 e. The number of halogens is 2. The van der Waals surface area contributed by atoms with Gasteiger partial charge in [0.15, 0.2) is 0 Å². The third-order valence-electron chi connectivity index (χ3n) is 3.67. The second-order valence-corrected chi connectivity index (χ2v) is 7.27. The van der Waals surface area contributed by atoms with Crippen molar-refractivity contribution in [2.24, 2.45) is 0 Å². The zero-order chi connectivity index (χ0) is 17.0. The van der Waals surface area contributed by atoms with Gasteiger partial charge in [-0.05, 0) is 49.6 Å². The van der Waals surface area contributed by atoms with Crippen LogP contribution in [0.15, 0.2) is 41.3 Å². The lowest BCUT2D eigenvalue weighted by Crippen LogP contribution is -2.28. The molecule has 0 aliphatic carbocycles. The van der Waals surface area contributed by atoms with E-state index in [-0.39, 0.29) is 17.7 Å². The molecule has 2 aromatic rings. The number of amides is 1. The highest BCUT2D eigenvalue weighted by Crippen LogP contribution is 2.33. The summed E-state index contributed by atoms with van der Waals surface area (Å²) in [7, 11) is 0. The molecule has 1 amide bonds. The van der Waals surface area contributed by atoms with Crippen LogP contribution in [0.5, 0.6) is 0 Å². The molecule has 2 nitrogen and oxygen atoms in total. The second kappa shape index (κ2) is 8.09. The van der Waals surface area contributed by atoms with Gasteiger partial charge in [-0.25, -0.2) is 0 Å². The van der Waals surface area contributed by atoms with Crippen LogP contribution in [0.4, 0.5) is 0 Å². The van der Waals surface area contributed by atoms with E-state index in [0.29, 0.717) is 10.0 Å². The van der Waals surface area contributed by atoms with Gasteiger partial charge in [-0.1, -0.05) is 47.5 Å². The van der Waals surface area contributed by atoms with Gasteiger partial charge >= 0.3 is 0 Å². The van der Waals surface area contributed by atoms with Crippen LogP contribution in [0.25, 0.3) is 0 Å². The molecule has 1 atom stereocenters. The summed E-state index contributed by atoms with van der Waals surface area (Å²) >= 11 is 13.6. The Morgan fingerprint density at radius 2 is 1.78 bits per heavy atom. The van der Waals surface area contributed by atoms with Gasteiger partial charge < -0.3 is 5.32 Å². The van der Waals surface area contributed by atoms with Gasteiger partial charge in [0.25, 0.3) is 0 Å². The fourth-order valence-electron chi connectivity index (χ4n) is 2.16. The lowest BCUT2D eigenvalue weighted by atomic mass is 10.0. The minimum absolute atomic E-state index is 0.0379. The zero-order valence-corrected chi connectivity index (χ0v) is 15.6. The molecule has 1 N–H and O–H groups in total. The Morgan fingerprint density at radius 1 is 1.13 bits per heavy atom. The summed E-state index contributed by atoms with van der Waals surface area (Å²) in [6, 6.07) is 11.5. The zero-order valence-electron chi connectivity index (χ0n) is 13.3. The second-order valence-electron chi connectivity index (χ2n) is 5.47. The number of rotatable bonds is 5. The Hall–Kier alpha value is -1.16. The van der Waals surface area contributed by atoms with E-state index in [1.165, 1.54) is 22.9 Å². The standard InChI is InChI=1S/C18H19Cl2NOS/c1-11-7-8-14(9-12(11)2)13(3)21-17(22)10-23-18-15(19)5-4-6-16(18)20/h4-9,13H,10H2,1-3H3,(H,21,22)/t13-/m0/s1. The fourth-order valence-corrected chi connectivity index (χ4v) is 3.65. The summed E-state index contributed by atoms with van der Waals surface area (Å²) in [5.41, 5.74) is 3.57. The summed E-state index contributed by atoms with van der Waals surface area (Å²) in [5.74, 6) is 0.232. The molecule has 0 heterocycles. The van der Waals surface area contributed by atoms with Gasteiger partial charge in [-0.15, -0.1) is 11.8 Å². The van der Waals surface area contributed by atoms with E-state index >= 15 is 0 Å². The number of thioether (sulfide) groups is 1. The number of carbonyl (C=O) groups excluding carboxylic acids is 1. The van der Waals surface area contributed by atoms with Crippen LogP contribution in [0.2, 0.25) is 10.0 Å². The van der Waals surface area contributed by atoms with Crippen molar-refractivity contribution in [2.45, 2.75) is 31.7 Å². The maximum Gasteiger partial charge on any atom is 0.230 e. The third kappa shape index (κ3) is 4.90. The first-order valence-corrected chi connectivity index (χ1v) is 9.06. The third-order valence-corrected chi connectivity index (χ3v) is 5.66. The number of benzene rings is 2. The van der Waals surface area contributed by atoms with Gasteiger partial charge in [0.1, 0.15) is 0 Å². The average Bonchev–Trinajstić information content (AvgIpc) is 2.49. The Kier molecular flexibility index (Phi) is 6.40. The van der Waals surface area contributed by atoms with E-state index in [4.69, 9.17) is 23.2 Å². The molecule has 0 saturated heterocycles. The number of nitrogens with one attached hydrogen (secondary N) is 1. The monoisotopic (exact) mass is 367 g/mol. The number of carbonyl (C=O) groups is 1. The van der Waals surface area contributed by atoms with Crippen LogP contribution >= 0.6 is 35.0 Å². The Balaban J connectivity index is 1.95. The van der Waals surface area contributed by atoms with E-state index in [0.717, 1.165) is 10.5 Å². The SMILES string of the molecule is Cc1ccc([C@H](C)NC(=O)CSc2c(Cl)cccc2Cl)cc1C. The highest BCUT2D eigenvalue weighted by atomic mass is 35.5. The number of aryl methyl sites for hydroxylation is 2. The molecule has 0 saturated carbocycles. The molecule has 0 aliphatic heterocycles. The van der Waals surface area contributed by atoms with Crippen LogP contribution < -0.4 is 5.32 Å². The largest absolute Gasteiger partial charge is 0.349 e. The van der Waals surface area contributed by atoms with Crippen LogP contribution in [-0.2, 0) is 4.79 Å². The van der Waals surface area contributed by atoms with E-state index in [2.05, 4.69) is 31.3 Å². The molecule has 0 radical (unpaired) electrons. The minimum atomic E-state index is -0.0447. The molecule has 2 aromatic carbocycles. The van der Waals surface area contributed by atoms with E-state index in [1.807, 2.05) is 13.0 Å². The summed E-state index contributed by atoms with van der Waals surface area (Å²) in [6.07, 6.45) is 0. The van der Waals surface area contributed by atoms with Crippen LogP contribution in [-0.4, -0.2) is 11.7 Å². The van der Waals surface area contributed by atoms with Gasteiger partial charge in [0.2, 0.25) is 5.91 Å². The maximum atomic E-state index is 12.2. The van der Waals surface area contributed by atoms with Crippen molar-refractivity contribution in [1.82, 2.24) is 5.32 Å². The topological polar surface area (TPSA) is 29.1 Å². The molecule has 122 valence electrons. The van der Waals surface area contributed by atoms with E-state index < -0.39 is 0 Å². The first-order chi connectivity index (χ1) is 10.9. The molecular weight excluding hydrogens is 349 g/mol. The summed E-state index contributed by atoms with van der Waals surface area (Å²) in [5, 5.41) is 4.14. The van der Waals surface area contributed by atoms with Crippen molar-refractivity contribution in [1.29, 1.82) is 0 Å². The molecular formula is C18H19Cl2NOS. The van der Waals surface area contributed by atoms with Gasteiger partial charge in [-0.2, -0.15) is 0 Å². The highest BCUT2D eigenvalue weighted by molar-refractivity contribution is 8.00. The quantitative estimate of drug-likeness (QED) is 0.698. The predicted molar refractivity (Wildman–Crippen MR) is 99.7 cm³/mol. The average molecular weight is 368 g/mol. The fraction of sp³-hybridized carbons (Fsp3) is 0.278. The lowest BCUT2D eigenvalue weighted by molar-refractivity contribution is -0.119. The first-order valence-electron chi connectivity index (χ1n) is 7.32. The first kappa shape index (κ1) is 18.2. The van der Waals surface area contributed by atoms with Crippen LogP contribution in [0.3, 0.4) is 0 Å². The molecule has 5 heteroatoms. The Bertz CT molecular complexity index is 698. The van der Waals surface area contributed by atoms with Crippen LogP contribution in [0, 0.1) is 13.8 Å². The number of hydrogen-bond donors (Lipinski definition) is 1. The molecule has 0 unspecified atom stereocenters. The van der Waals surface area contributed by atoms with Crippen molar-refractivity contribution < 1.29 is 4.79 Å². The van der Waals surface area contributed by atoms with Gasteiger partial charge in [0.05, 0.1) is 21.8 Å². The summed E-state index contributed by atoms with van der Waals surface area (Å²) in [6.45, 7) is 6.13. The summed E-state index contributed by atoms with van der Waals surface area (Å²) in [4.78, 5) is 12.9. The van der Waals surface area contributed by atoms with Crippen molar-refractivity contribution in [3.63, 3.8) is 0 Å². The summed E-state index contributed by atoms with van der Waals surface area (Å²) < 4.78 is 0. The molecule has 0 aliphatic rings. The molecule has 23 heavy (non-hydrogen) atoms. The van der Waals surface area contributed by atoms with E-state index in [9.17, 15) is 4.79 Å². The van der Waals surface area contributed by atoms with Crippen molar-refractivity contribution in [3.8, 4) is 0 Å². The molecule has 0 bridgehead atoms. The van der Waals surface area contributed by atoms with Gasteiger partial charge in [0, 0.05) is 4.90 Å². The highest BCUT2D eigenvalue weighted by Gasteiger charge is 2.13. The molecule has 0 spiro atoms. The maximum absolute atomic E-state index is 12.2. The minimum Gasteiger partial charge on any atom is -0.349 e.